The quantitative estimate of drug-likeness (QED) is 0.875. The topological polar surface area (TPSA) is 107 Å². The minimum atomic E-state index is -0.513. The van der Waals surface area contributed by atoms with Crippen molar-refractivity contribution in [2.75, 3.05) is 24.5 Å². The maximum Gasteiger partial charge on any atom is 0.407 e. The van der Waals surface area contributed by atoms with Gasteiger partial charge in [-0.3, -0.25) is 0 Å². The largest absolute Gasteiger partial charge is 0.444 e. The Bertz CT molecular complexity index is 863. The van der Waals surface area contributed by atoms with Gasteiger partial charge in [0, 0.05) is 31.2 Å². The summed E-state index contributed by atoms with van der Waals surface area (Å²) in [6.45, 7) is 9.70. The second kappa shape index (κ2) is 6.48. The number of rotatable bonds is 3. The number of carbonyl (C=O) groups is 1. The standard InChI is InChI=1S/C18H24N6O2/c1-17(2,3)26-16(25)21-9-18(4)5-6-24(10-18)15-13-12(7-19)8-20-14(13)22-11-23-15/h8,11H,5-6,9-10H2,1-4H3,(H,21,25)(H,20,22,23). The molecule has 2 aromatic heterocycles. The number of nitrogens with one attached hydrogen (secondary N) is 2. The van der Waals surface area contributed by atoms with E-state index in [0.29, 0.717) is 17.8 Å². The highest BCUT2D eigenvalue weighted by molar-refractivity contribution is 5.92. The predicted molar refractivity (Wildman–Crippen MR) is 97.8 cm³/mol. The number of amides is 1. The van der Waals surface area contributed by atoms with Gasteiger partial charge in [0.05, 0.1) is 10.9 Å². The number of anilines is 1. The molecular formula is C18H24N6O2. The highest BCUT2D eigenvalue weighted by Crippen LogP contribution is 2.35. The normalized spacial score (nSPS) is 20.2. The zero-order valence-electron chi connectivity index (χ0n) is 15.6. The van der Waals surface area contributed by atoms with Crippen LogP contribution in [0.25, 0.3) is 11.0 Å². The average molecular weight is 356 g/mol. The Morgan fingerprint density at radius 2 is 2.27 bits per heavy atom. The number of hydrogen-bond acceptors (Lipinski definition) is 6. The summed E-state index contributed by atoms with van der Waals surface area (Å²) in [4.78, 5) is 25.7. The summed E-state index contributed by atoms with van der Waals surface area (Å²) in [6.07, 6.45) is 3.66. The number of fused-ring (bicyclic) bond motifs is 1. The van der Waals surface area contributed by atoms with E-state index in [0.717, 1.165) is 30.7 Å². The van der Waals surface area contributed by atoms with Crippen molar-refractivity contribution in [2.24, 2.45) is 5.41 Å². The van der Waals surface area contributed by atoms with Gasteiger partial charge in [-0.25, -0.2) is 14.8 Å². The van der Waals surface area contributed by atoms with Crippen LogP contribution < -0.4 is 10.2 Å². The minimum Gasteiger partial charge on any atom is -0.444 e. The summed E-state index contributed by atoms with van der Waals surface area (Å²) in [7, 11) is 0. The Hall–Kier alpha value is -2.82. The number of aromatic nitrogens is 3. The van der Waals surface area contributed by atoms with E-state index in [-0.39, 0.29) is 5.41 Å². The molecule has 1 unspecified atom stereocenters. The van der Waals surface area contributed by atoms with Crippen molar-refractivity contribution in [2.45, 2.75) is 39.7 Å². The Morgan fingerprint density at radius 1 is 1.50 bits per heavy atom. The Kier molecular flexibility index (Phi) is 4.48. The van der Waals surface area contributed by atoms with E-state index in [1.807, 2.05) is 20.8 Å². The highest BCUT2D eigenvalue weighted by Gasteiger charge is 2.36. The van der Waals surface area contributed by atoms with Gasteiger partial charge in [-0.2, -0.15) is 5.26 Å². The van der Waals surface area contributed by atoms with E-state index in [4.69, 9.17) is 4.74 Å². The van der Waals surface area contributed by atoms with Crippen molar-refractivity contribution in [1.82, 2.24) is 20.3 Å². The summed E-state index contributed by atoms with van der Waals surface area (Å²) in [5.74, 6) is 0.758. The number of hydrogen-bond donors (Lipinski definition) is 2. The average Bonchev–Trinajstić information content (AvgIpc) is 3.15. The van der Waals surface area contributed by atoms with E-state index in [1.165, 1.54) is 6.33 Å². The third-order valence-electron chi connectivity index (χ3n) is 4.49. The molecule has 0 aromatic carbocycles. The number of nitriles is 1. The first-order valence-corrected chi connectivity index (χ1v) is 8.65. The van der Waals surface area contributed by atoms with Crippen LogP contribution in [0, 0.1) is 16.7 Å². The lowest BCUT2D eigenvalue weighted by molar-refractivity contribution is 0.0507. The van der Waals surface area contributed by atoms with Gasteiger partial charge in [0.1, 0.15) is 29.5 Å². The smallest absolute Gasteiger partial charge is 0.407 e. The third kappa shape index (κ3) is 3.72. The van der Waals surface area contributed by atoms with Gasteiger partial charge >= 0.3 is 6.09 Å². The maximum absolute atomic E-state index is 11.9. The van der Waals surface area contributed by atoms with Crippen molar-refractivity contribution in [1.29, 1.82) is 5.26 Å². The first-order chi connectivity index (χ1) is 12.2. The molecular weight excluding hydrogens is 332 g/mol. The summed E-state index contributed by atoms with van der Waals surface area (Å²) in [5, 5.41) is 12.9. The molecule has 0 spiro atoms. The summed E-state index contributed by atoms with van der Waals surface area (Å²) >= 11 is 0. The summed E-state index contributed by atoms with van der Waals surface area (Å²) < 4.78 is 5.31. The number of carbonyl (C=O) groups excluding carboxylic acids is 1. The molecule has 1 fully saturated rings. The van der Waals surface area contributed by atoms with Crippen LogP contribution in [0.2, 0.25) is 0 Å². The van der Waals surface area contributed by atoms with Crippen LogP contribution in [0.3, 0.4) is 0 Å². The van der Waals surface area contributed by atoms with Crippen LogP contribution in [-0.2, 0) is 4.74 Å². The van der Waals surface area contributed by atoms with Crippen LogP contribution in [0.15, 0.2) is 12.5 Å². The molecule has 0 radical (unpaired) electrons. The molecule has 1 saturated heterocycles. The monoisotopic (exact) mass is 356 g/mol. The number of aromatic amines is 1. The molecule has 1 aliphatic heterocycles. The molecule has 138 valence electrons. The zero-order valence-corrected chi connectivity index (χ0v) is 15.6. The number of nitrogens with zero attached hydrogens (tertiary/aromatic N) is 4. The van der Waals surface area contributed by atoms with Crippen LogP contribution in [-0.4, -0.2) is 46.3 Å². The second-order valence-electron chi connectivity index (χ2n) is 8.07. The zero-order chi connectivity index (χ0) is 18.9. The van der Waals surface area contributed by atoms with Crippen LogP contribution in [0.1, 0.15) is 39.7 Å². The lowest BCUT2D eigenvalue weighted by Gasteiger charge is -2.27. The van der Waals surface area contributed by atoms with E-state index >= 15 is 0 Å². The number of alkyl carbamates (subject to hydrolysis) is 1. The molecule has 3 heterocycles. The molecule has 0 aliphatic carbocycles. The van der Waals surface area contributed by atoms with Gasteiger partial charge in [-0.15, -0.1) is 0 Å². The van der Waals surface area contributed by atoms with Gasteiger partial charge in [0.25, 0.3) is 0 Å². The second-order valence-corrected chi connectivity index (χ2v) is 8.07. The first kappa shape index (κ1) is 18.0. The molecule has 2 aromatic rings. The van der Waals surface area contributed by atoms with Crippen molar-refractivity contribution in [3.05, 3.63) is 18.1 Å². The predicted octanol–water partition coefficient (Wildman–Crippen LogP) is 2.57. The fourth-order valence-corrected chi connectivity index (χ4v) is 3.22. The number of H-pyrrole nitrogens is 1. The van der Waals surface area contributed by atoms with Crippen LogP contribution in [0.4, 0.5) is 10.6 Å². The number of ether oxygens (including phenoxy) is 1. The Labute approximate surface area is 152 Å². The van der Waals surface area contributed by atoms with Gasteiger partial charge in [-0.1, -0.05) is 6.92 Å². The lowest BCUT2D eigenvalue weighted by Crippen LogP contribution is -2.40. The molecule has 3 rings (SSSR count). The molecule has 0 bridgehead atoms. The van der Waals surface area contributed by atoms with Crippen molar-refractivity contribution >= 4 is 22.9 Å². The molecule has 26 heavy (non-hydrogen) atoms. The molecule has 1 aliphatic rings. The van der Waals surface area contributed by atoms with E-state index in [9.17, 15) is 10.1 Å². The lowest BCUT2D eigenvalue weighted by atomic mass is 9.90. The molecule has 1 amide bonds. The highest BCUT2D eigenvalue weighted by atomic mass is 16.6. The first-order valence-electron chi connectivity index (χ1n) is 8.65. The fraction of sp³-hybridized carbons (Fsp3) is 0.556. The van der Waals surface area contributed by atoms with Crippen LogP contribution >= 0.6 is 0 Å². The van der Waals surface area contributed by atoms with E-state index in [1.54, 1.807) is 6.20 Å². The van der Waals surface area contributed by atoms with Crippen LogP contribution in [0.5, 0.6) is 0 Å². The van der Waals surface area contributed by atoms with Crippen molar-refractivity contribution in [3.8, 4) is 6.07 Å². The van der Waals surface area contributed by atoms with E-state index < -0.39 is 11.7 Å². The maximum atomic E-state index is 11.9. The molecule has 2 N–H and O–H groups in total. The minimum absolute atomic E-state index is 0.0999. The van der Waals surface area contributed by atoms with Gasteiger partial charge < -0.3 is 19.9 Å². The summed E-state index contributed by atoms with van der Waals surface area (Å²) in [5.41, 5.74) is 0.585. The SMILES string of the molecule is CC1(CNC(=O)OC(C)(C)C)CCN(c2ncnc3[nH]cc(C#N)c23)C1. The van der Waals surface area contributed by atoms with Gasteiger partial charge in [0.15, 0.2) is 0 Å². The van der Waals surface area contributed by atoms with Gasteiger partial charge in [0.2, 0.25) is 0 Å². The van der Waals surface area contributed by atoms with E-state index in [2.05, 4.69) is 38.2 Å². The molecule has 8 nitrogen and oxygen atoms in total. The molecule has 8 heteroatoms. The van der Waals surface area contributed by atoms with Gasteiger partial charge in [-0.05, 0) is 27.2 Å². The molecule has 1 atom stereocenters. The third-order valence-corrected chi connectivity index (χ3v) is 4.49. The Morgan fingerprint density at radius 3 is 2.96 bits per heavy atom. The van der Waals surface area contributed by atoms with Crippen molar-refractivity contribution < 1.29 is 9.53 Å². The molecule has 0 saturated carbocycles. The fourth-order valence-electron chi connectivity index (χ4n) is 3.22. The summed E-state index contributed by atoms with van der Waals surface area (Å²) in [6, 6.07) is 2.18. The van der Waals surface area contributed by atoms with Crippen molar-refractivity contribution in [3.63, 3.8) is 0 Å². The Balaban J connectivity index is 1.72.